The number of thiazole rings is 1. The lowest BCUT2D eigenvalue weighted by molar-refractivity contribution is -0.136. The van der Waals surface area contributed by atoms with E-state index in [0.29, 0.717) is 37.5 Å². The molecule has 13 heteroatoms. The van der Waals surface area contributed by atoms with E-state index in [0.717, 1.165) is 88.3 Å². The first-order chi connectivity index (χ1) is 26.3. The summed E-state index contributed by atoms with van der Waals surface area (Å²) in [6.45, 7) is 7.02. The molecule has 0 saturated carbocycles. The van der Waals surface area contributed by atoms with Crippen molar-refractivity contribution in [3.63, 3.8) is 0 Å². The minimum atomic E-state index is -0.619. The summed E-state index contributed by atoms with van der Waals surface area (Å²) in [6.07, 6.45) is 2.50. The van der Waals surface area contributed by atoms with Crippen LogP contribution in [0, 0.1) is 0 Å². The number of imide groups is 1. The van der Waals surface area contributed by atoms with Gasteiger partial charge in [-0.2, -0.15) is 0 Å². The van der Waals surface area contributed by atoms with Crippen LogP contribution in [0.2, 0.25) is 0 Å². The van der Waals surface area contributed by atoms with Crippen LogP contribution >= 0.6 is 11.3 Å². The Kier molecular flexibility index (Phi) is 10.3. The molecule has 0 spiro atoms. The van der Waals surface area contributed by atoms with Crippen LogP contribution in [0.1, 0.15) is 28.8 Å². The Bertz CT molecular complexity index is 2160. The van der Waals surface area contributed by atoms with E-state index < -0.39 is 11.9 Å². The third kappa shape index (κ3) is 7.79. The number of piperidine rings is 1. The number of aromatic nitrogens is 2. The molecule has 1 atom stereocenters. The molecule has 8 rings (SSSR count). The highest BCUT2D eigenvalue weighted by Crippen LogP contribution is 2.34. The SMILES string of the molecule is CN(C)c1ccc(-c2ccc(-c3nc4ccc(OCCN5CCN(CCOc6ccc7c(c6)CN(C6CCC(=O)NC6=O)C7=O)CC5)cc4s3)cc2)cn1. The molecular formula is C41H43N7O5S. The number of carbonyl (C=O) groups excluding carboxylic acids is 3. The number of fused-ring (bicyclic) bond motifs is 2. The first-order valence-electron chi connectivity index (χ1n) is 18.4. The summed E-state index contributed by atoms with van der Waals surface area (Å²) < 4.78 is 13.4. The number of pyridine rings is 1. The van der Waals surface area contributed by atoms with Gasteiger partial charge in [0.25, 0.3) is 5.91 Å². The van der Waals surface area contributed by atoms with Crippen LogP contribution < -0.4 is 19.7 Å². The van der Waals surface area contributed by atoms with Crippen LogP contribution in [0.15, 0.2) is 79.0 Å². The van der Waals surface area contributed by atoms with Gasteiger partial charge < -0.3 is 19.3 Å². The van der Waals surface area contributed by atoms with Gasteiger partial charge in [-0.1, -0.05) is 24.3 Å². The first kappa shape index (κ1) is 35.6. The highest BCUT2D eigenvalue weighted by molar-refractivity contribution is 7.21. The molecule has 2 fully saturated rings. The Balaban J connectivity index is 0.760. The Morgan fingerprint density at radius 1 is 0.815 bits per heavy atom. The second-order valence-corrected chi connectivity index (χ2v) is 15.2. The van der Waals surface area contributed by atoms with E-state index in [1.807, 2.05) is 55.5 Å². The standard InChI is InChI=1S/C41H43N7O5S/c1-45(2)37-13-7-29(25-42-37)27-3-5-28(6-4-27)40-43-34-11-9-32(24-36(34)54-40)53-22-20-47-17-15-46(16-18-47)19-21-52-31-8-10-33-30(23-31)26-48(41(33)51)35-12-14-38(49)44-39(35)50/h3-11,13,23-25,35H,12,14-22,26H2,1-2H3,(H,44,49,50). The van der Waals surface area contributed by atoms with Crippen LogP contribution in [0.4, 0.5) is 5.82 Å². The number of nitrogens with zero attached hydrogens (tertiary/aromatic N) is 6. The molecule has 0 radical (unpaired) electrons. The normalized spacial score (nSPS) is 17.9. The summed E-state index contributed by atoms with van der Waals surface area (Å²) in [5, 5.41) is 3.33. The number of hydrogen-bond acceptors (Lipinski definition) is 11. The maximum atomic E-state index is 13.0. The molecule has 54 heavy (non-hydrogen) atoms. The van der Waals surface area contributed by atoms with Crippen LogP contribution in [0.25, 0.3) is 31.9 Å². The van der Waals surface area contributed by atoms with E-state index >= 15 is 0 Å². The zero-order chi connectivity index (χ0) is 37.2. The summed E-state index contributed by atoms with van der Waals surface area (Å²) >= 11 is 1.68. The average Bonchev–Trinajstić information content (AvgIpc) is 3.76. The molecule has 2 saturated heterocycles. The molecule has 2 aromatic heterocycles. The molecule has 1 N–H and O–H groups in total. The number of benzene rings is 3. The molecule has 3 aliphatic heterocycles. The first-order valence-corrected chi connectivity index (χ1v) is 19.2. The van der Waals surface area contributed by atoms with Crippen molar-refractivity contribution in [1.29, 1.82) is 0 Å². The number of rotatable bonds is 12. The third-order valence-electron chi connectivity index (χ3n) is 10.3. The molecule has 1 unspecified atom stereocenters. The Labute approximate surface area is 318 Å². The number of amides is 3. The van der Waals surface area contributed by atoms with Crippen molar-refractivity contribution in [1.82, 2.24) is 30.0 Å². The summed E-state index contributed by atoms with van der Waals surface area (Å²) in [5.41, 5.74) is 5.70. The van der Waals surface area contributed by atoms with Crippen molar-refractivity contribution >= 4 is 45.1 Å². The van der Waals surface area contributed by atoms with Gasteiger partial charge in [0, 0.05) is 89.2 Å². The Morgan fingerprint density at radius 3 is 2.15 bits per heavy atom. The fraction of sp³-hybridized carbons (Fsp3) is 0.341. The zero-order valence-corrected chi connectivity index (χ0v) is 31.3. The highest BCUT2D eigenvalue weighted by Gasteiger charge is 2.39. The zero-order valence-electron chi connectivity index (χ0n) is 30.5. The maximum absolute atomic E-state index is 13.0. The molecular weight excluding hydrogens is 703 g/mol. The number of anilines is 1. The second-order valence-electron chi connectivity index (χ2n) is 14.1. The number of piperazine rings is 1. The summed E-state index contributed by atoms with van der Waals surface area (Å²) in [4.78, 5) is 54.7. The predicted molar refractivity (Wildman–Crippen MR) is 209 cm³/mol. The van der Waals surface area contributed by atoms with Gasteiger partial charge in [0.2, 0.25) is 11.8 Å². The fourth-order valence-electron chi connectivity index (χ4n) is 7.21. The highest BCUT2D eigenvalue weighted by atomic mass is 32.1. The van der Waals surface area contributed by atoms with E-state index in [9.17, 15) is 14.4 Å². The van der Waals surface area contributed by atoms with Crippen molar-refractivity contribution < 1.29 is 23.9 Å². The number of hydrogen-bond donors (Lipinski definition) is 1. The molecule has 3 aliphatic rings. The van der Waals surface area contributed by atoms with Crippen molar-refractivity contribution in [2.45, 2.75) is 25.4 Å². The van der Waals surface area contributed by atoms with E-state index in [4.69, 9.17) is 14.5 Å². The van der Waals surface area contributed by atoms with E-state index in [-0.39, 0.29) is 18.2 Å². The Hall–Kier alpha value is -5.37. The predicted octanol–water partition coefficient (Wildman–Crippen LogP) is 4.93. The topological polar surface area (TPSA) is 120 Å². The lowest BCUT2D eigenvalue weighted by Gasteiger charge is -2.34. The number of carbonyl (C=O) groups is 3. The molecule has 12 nitrogen and oxygen atoms in total. The summed E-state index contributed by atoms with van der Waals surface area (Å²) in [5.74, 6) is 1.64. The minimum Gasteiger partial charge on any atom is -0.492 e. The molecule has 3 amide bonds. The van der Waals surface area contributed by atoms with Crippen LogP contribution in [0.5, 0.6) is 11.5 Å². The molecule has 5 aromatic rings. The van der Waals surface area contributed by atoms with Gasteiger partial charge in [0.1, 0.15) is 41.6 Å². The second kappa shape index (κ2) is 15.5. The average molecular weight is 746 g/mol. The van der Waals surface area contributed by atoms with Crippen molar-refractivity contribution in [2.75, 3.05) is 71.5 Å². The van der Waals surface area contributed by atoms with Gasteiger partial charge in [-0.05, 0) is 66.1 Å². The van der Waals surface area contributed by atoms with E-state index in [1.165, 1.54) is 0 Å². The lowest BCUT2D eigenvalue weighted by atomic mass is 10.0. The maximum Gasteiger partial charge on any atom is 0.255 e. The molecule has 3 aromatic carbocycles. The largest absolute Gasteiger partial charge is 0.492 e. The summed E-state index contributed by atoms with van der Waals surface area (Å²) in [6, 6.07) is 23.6. The molecule has 278 valence electrons. The van der Waals surface area contributed by atoms with Crippen LogP contribution in [0.3, 0.4) is 0 Å². The minimum absolute atomic E-state index is 0.177. The quantitative estimate of drug-likeness (QED) is 0.176. The fourth-order valence-corrected chi connectivity index (χ4v) is 8.21. The molecule has 0 aliphatic carbocycles. The van der Waals surface area contributed by atoms with Crippen LogP contribution in [-0.2, 0) is 16.1 Å². The van der Waals surface area contributed by atoms with Crippen LogP contribution in [-0.4, -0.2) is 115 Å². The van der Waals surface area contributed by atoms with Crippen molar-refractivity contribution in [3.05, 3.63) is 90.1 Å². The van der Waals surface area contributed by atoms with Gasteiger partial charge in [0.05, 0.1) is 10.2 Å². The lowest BCUT2D eigenvalue weighted by Crippen LogP contribution is -2.52. The van der Waals surface area contributed by atoms with Crippen molar-refractivity contribution in [2.24, 2.45) is 0 Å². The number of nitrogens with one attached hydrogen (secondary N) is 1. The van der Waals surface area contributed by atoms with Gasteiger partial charge in [-0.15, -0.1) is 11.3 Å². The molecule has 5 heterocycles. The van der Waals surface area contributed by atoms with E-state index in [2.05, 4.69) is 56.5 Å². The van der Waals surface area contributed by atoms with Gasteiger partial charge >= 0.3 is 0 Å². The Morgan fingerprint density at radius 2 is 1.48 bits per heavy atom. The van der Waals surface area contributed by atoms with Gasteiger partial charge in [-0.25, -0.2) is 9.97 Å². The van der Waals surface area contributed by atoms with Gasteiger partial charge in [0.15, 0.2) is 0 Å². The van der Waals surface area contributed by atoms with Crippen molar-refractivity contribution in [3.8, 4) is 33.2 Å². The summed E-state index contributed by atoms with van der Waals surface area (Å²) in [7, 11) is 3.98. The monoisotopic (exact) mass is 745 g/mol. The van der Waals surface area contributed by atoms with E-state index in [1.54, 1.807) is 22.3 Å². The molecule has 0 bridgehead atoms. The number of ether oxygens (including phenoxy) is 2. The smallest absolute Gasteiger partial charge is 0.255 e. The third-order valence-corrected chi connectivity index (χ3v) is 11.4. The van der Waals surface area contributed by atoms with Gasteiger partial charge in [-0.3, -0.25) is 29.5 Å².